The molecule has 1 aromatic rings. The van der Waals surface area contributed by atoms with Gasteiger partial charge in [0, 0.05) is 6.54 Å². The van der Waals surface area contributed by atoms with Crippen LogP contribution in [0.3, 0.4) is 0 Å². The summed E-state index contributed by atoms with van der Waals surface area (Å²) in [5, 5.41) is 1.39. The second-order valence-corrected chi connectivity index (χ2v) is 3.95. The Hall–Kier alpha value is -0.910. The number of carbonyl (C=O) groups is 1. The topological polar surface area (TPSA) is 55.6 Å². The van der Waals surface area contributed by atoms with E-state index in [1.165, 1.54) is 5.06 Å². The number of benzene rings is 1. The molecule has 0 aliphatic carbocycles. The van der Waals surface area contributed by atoms with E-state index >= 15 is 0 Å². The predicted octanol–water partition coefficient (Wildman–Crippen LogP) is -1.82. The van der Waals surface area contributed by atoms with Crippen LogP contribution < -0.4 is 22.7 Å². The van der Waals surface area contributed by atoms with Crippen molar-refractivity contribution in [2.24, 2.45) is 5.73 Å². The highest BCUT2D eigenvalue weighted by Gasteiger charge is 2.26. The van der Waals surface area contributed by atoms with Crippen molar-refractivity contribution in [1.82, 2.24) is 5.06 Å². The van der Waals surface area contributed by atoms with Crippen LogP contribution >= 0.6 is 0 Å². The van der Waals surface area contributed by atoms with Gasteiger partial charge < -0.3 is 22.7 Å². The quantitative estimate of drug-likeness (QED) is 0.716. The SMILES string of the molecule is N[C@@H]1CCCN(OCc2ccccc2)C1=O.[Br-].[H+]. The van der Waals surface area contributed by atoms with Crippen molar-refractivity contribution in [3.05, 3.63) is 35.9 Å². The average Bonchev–Trinajstić information content (AvgIpc) is 2.32. The fourth-order valence-corrected chi connectivity index (χ4v) is 1.73. The molecule has 2 rings (SSSR count). The first-order valence-electron chi connectivity index (χ1n) is 5.51. The van der Waals surface area contributed by atoms with Crippen molar-refractivity contribution in [1.29, 1.82) is 0 Å². The summed E-state index contributed by atoms with van der Waals surface area (Å²) in [7, 11) is 0. The Labute approximate surface area is 113 Å². The molecular formula is C12H17BrN2O2. The normalized spacial score (nSPS) is 19.9. The second kappa shape index (κ2) is 6.74. The summed E-state index contributed by atoms with van der Waals surface area (Å²) in [4.78, 5) is 17.1. The smallest absolute Gasteiger partial charge is 1.00 e. The van der Waals surface area contributed by atoms with E-state index in [-0.39, 0.29) is 24.3 Å². The zero-order valence-corrected chi connectivity index (χ0v) is 11.1. The third-order valence-electron chi connectivity index (χ3n) is 2.67. The zero-order valence-electron chi connectivity index (χ0n) is 10.5. The van der Waals surface area contributed by atoms with Crippen LogP contribution in [0.15, 0.2) is 30.3 Å². The van der Waals surface area contributed by atoms with Crippen LogP contribution in [0.4, 0.5) is 0 Å². The number of carbonyl (C=O) groups excluding carboxylic acids is 1. The lowest BCUT2D eigenvalue weighted by molar-refractivity contribution is -0.198. The van der Waals surface area contributed by atoms with Crippen molar-refractivity contribution < 1.29 is 28.0 Å². The van der Waals surface area contributed by atoms with Crippen molar-refractivity contribution in [3.63, 3.8) is 0 Å². The molecule has 1 amide bonds. The van der Waals surface area contributed by atoms with Gasteiger partial charge in [0.25, 0.3) is 5.91 Å². The number of piperidine rings is 1. The standard InChI is InChI=1S/C12H16N2O2.BrH/c13-11-7-4-8-14(12(11)15)16-9-10-5-2-1-3-6-10;/h1-3,5-6,11H,4,7-9,13H2;1H/t11-;/m1./s1. The summed E-state index contributed by atoms with van der Waals surface area (Å²) in [6.07, 6.45) is 1.66. The maximum atomic E-state index is 11.6. The van der Waals surface area contributed by atoms with Crippen LogP contribution in [-0.4, -0.2) is 23.6 Å². The molecule has 2 N–H and O–H groups in total. The number of rotatable bonds is 3. The first-order chi connectivity index (χ1) is 7.77. The first-order valence-corrected chi connectivity index (χ1v) is 5.51. The lowest BCUT2D eigenvalue weighted by Crippen LogP contribution is -3.00. The summed E-state index contributed by atoms with van der Waals surface area (Å²) in [6.45, 7) is 1.05. The van der Waals surface area contributed by atoms with E-state index in [0.717, 1.165) is 18.4 Å². The Kier molecular flexibility index (Phi) is 5.61. The van der Waals surface area contributed by atoms with Gasteiger partial charge in [-0.25, -0.2) is 5.06 Å². The molecule has 1 fully saturated rings. The van der Waals surface area contributed by atoms with Crippen molar-refractivity contribution in [2.75, 3.05) is 6.54 Å². The fourth-order valence-electron chi connectivity index (χ4n) is 1.73. The molecule has 5 heteroatoms. The highest BCUT2D eigenvalue weighted by Crippen LogP contribution is 2.12. The second-order valence-electron chi connectivity index (χ2n) is 3.95. The molecule has 0 radical (unpaired) electrons. The maximum Gasteiger partial charge on any atom is 1.00 e. The largest absolute Gasteiger partial charge is 1.00 e. The van der Waals surface area contributed by atoms with Gasteiger partial charge in [0.15, 0.2) is 0 Å². The molecular weight excluding hydrogens is 284 g/mol. The molecule has 0 bridgehead atoms. The zero-order chi connectivity index (χ0) is 11.4. The number of halogens is 1. The number of hydrogen-bond acceptors (Lipinski definition) is 3. The molecule has 94 valence electrons. The number of nitrogens with zero attached hydrogens (tertiary/aromatic N) is 1. The van der Waals surface area contributed by atoms with Gasteiger partial charge in [0.05, 0.1) is 6.04 Å². The van der Waals surface area contributed by atoms with Gasteiger partial charge in [-0.05, 0) is 18.4 Å². The molecule has 1 saturated heterocycles. The van der Waals surface area contributed by atoms with Gasteiger partial charge in [-0.15, -0.1) is 0 Å². The summed E-state index contributed by atoms with van der Waals surface area (Å²) >= 11 is 0. The Morgan fingerprint density at radius 1 is 1.41 bits per heavy atom. The van der Waals surface area contributed by atoms with Gasteiger partial charge in [0.2, 0.25) is 0 Å². The molecule has 1 heterocycles. The van der Waals surface area contributed by atoms with E-state index in [2.05, 4.69) is 0 Å². The van der Waals surface area contributed by atoms with Crippen molar-refractivity contribution >= 4 is 5.91 Å². The van der Waals surface area contributed by atoms with Crippen molar-refractivity contribution in [3.8, 4) is 0 Å². The minimum Gasteiger partial charge on any atom is -1.00 e. The minimum absolute atomic E-state index is 0. The lowest BCUT2D eigenvalue weighted by atomic mass is 10.1. The maximum absolute atomic E-state index is 11.6. The summed E-state index contributed by atoms with van der Waals surface area (Å²) < 4.78 is 0. The molecule has 0 saturated carbocycles. The summed E-state index contributed by atoms with van der Waals surface area (Å²) in [5.74, 6) is -0.109. The Balaban J connectivity index is 0.00000144. The van der Waals surface area contributed by atoms with Crippen LogP contribution in [-0.2, 0) is 16.2 Å². The number of hydroxylamine groups is 2. The first kappa shape index (κ1) is 14.2. The van der Waals surface area contributed by atoms with E-state index in [1.54, 1.807) is 0 Å². The monoisotopic (exact) mass is 300 g/mol. The van der Waals surface area contributed by atoms with Gasteiger partial charge >= 0.3 is 1.43 Å². The van der Waals surface area contributed by atoms with Gasteiger partial charge in [0.1, 0.15) is 6.61 Å². The van der Waals surface area contributed by atoms with Crippen LogP contribution in [0.1, 0.15) is 19.8 Å². The molecule has 1 aliphatic rings. The third-order valence-corrected chi connectivity index (χ3v) is 2.67. The number of hydrogen-bond donors (Lipinski definition) is 1. The van der Waals surface area contributed by atoms with E-state index in [4.69, 9.17) is 10.6 Å². The molecule has 1 aliphatic heterocycles. The molecule has 1 aromatic carbocycles. The van der Waals surface area contributed by atoms with Crippen molar-refractivity contribution in [2.45, 2.75) is 25.5 Å². The molecule has 0 aromatic heterocycles. The highest BCUT2D eigenvalue weighted by molar-refractivity contribution is 5.81. The summed E-state index contributed by atoms with van der Waals surface area (Å²) in [6, 6.07) is 9.38. The molecule has 1 atom stereocenters. The van der Waals surface area contributed by atoms with Gasteiger partial charge in [-0.3, -0.25) is 9.63 Å². The average molecular weight is 301 g/mol. The van der Waals surface area contributed by atoms with E-state index in [1.807, 2.05) is 30.3 Å². The van der Waals surface area contributed by atoms with Crippen LogP contribution in [0.5, 0.6) is 0 Å². The number of nitrogens with two attached hydrogens (primary N) is 1. The van der Waals surface area contributed by atoms with E-state index < -0.39 is 6.04 Å². The van der Waals surface area contributed by atoms with E-state index in [0.29, 0.717) is 13.2 Å². The highest BCUT2D eigenvalue weighted by atomic mass is 79.9. The fraction of sp³-hybridized carbons (Fsp3) is 0.417. The number of amides is 1. The predicted molar refractivity (Wildman–Crippen MR) is 61.3 cm³/mol. The Bertz CT molecular complexity index is 364. The Morgan fingerprint density at radius 2 is 2.12 bits per heavy atom. The van der Waals surface area contributed by atoms with Crippen LogP contribution in [0, 0.1) is 0 Å². The third kappa shape index (κ3) is 3.80. The molecule has 0 spiro atoms. The van der Waals surface area contributed by atoms with Gasteiger partial charge in [-0.2, -0.15) is 0 Å². The summed E-state index contributed by atoms with van der Waals surface area (Å²) in [5.41, 5.74) is 6.72. The van der Waals surface area contributed by atoms with Gasteiger partial charge in [-0.1, -0.05) is 30.3 Å². The minimum atomic E-state index is -0.399. The van der Waals surface area contributed by atoms with E-state index in [9.17, 15) is 4.79 Å². The molecule has 17 heavy (non-hydrogen) atoms. The molecule has 0 unspecified atom stereocenters. The molecule has 4 nitrogen and oxygen atoms in total. The Morgan fingerprint density at radius 3 is 2.82 bits per heavy atom. The lowest BCUT2D eigenvalue weighted by Gasteiger charge is -2.29. The van der Waals surface area contributed by atoms with Crippen LogP contribution in [0.25, 0.3) is 0 Å². The van der Waals surface area contributed by atoms with Crippen LogP contribution in [0.2, 0.25) is 0 Å².